The fourth-order valence-electron chi connectivity index (χ4n) is 2.35. The van der Waals surface area contributed by atoms with Crippen molar-refractivity contribution in [3.63, 3.8) is 0 Å². The molecule has 3 rings (SSSR count). The minimum Gasteiger partial charge on any atom is -0.309 e. The predicted octanol–water partition coefficient (Wildman–Crippen LogP) is 0.515. The smallest absolute Gasteiger partial charge is 0.309 e. The average Bonchev–Trinajstić information content (AvgIpc) is 2.83. The third-order valence-corrected chi connectivity index (χ3v) is 3.36. The predicted molar refractivity (Wildman–Crippen MR) is 58.7 cm³/mol. The van der Waals surface area contributed by atoms with Crippen LogP contribution < -0.4 is 11.0 Å². The fraction of sp³-hybridized carbons (Fsp3) is 0.636. The summed E-state index contributed by atoms with van der Waals surface area (Å²) < 4.78 is 0. The van der Waals surface area contributed by atoms with E-state index in [1.165, 1.54) is 0 Å². The number of hydrogen-bond donors (Lipinski definition) is 3. The largest absolute Gasteiger partial charge is 0.323 e. The molecule has 1 aromatic rings. The summed E-state index contributed by atoms with van der Waals surface area (Å²) in [5, 5.41) is 3.17. The monoisotopic (exact) mass is 221 g/mol. The highest BCUT2D eigenvalue weighted by Crippen LogP contribution is 2.40. The second-order valence-electron chi connectivity index (χ2n) is 4.66. The molecule has 1 unspecified atom stereocenters. The van der Waals surface area contributed by atoms with E-state index < -0.39 is 0 Å². The fourth-order valence-corrected chi connectivity index (χ4v) is 2.35. The van der Waals surface area contributed by atoms with Crippen LogP contribution in [0, 0.1) is 0 Å². The summed E-state index contributed by atoms with van der Waals surface area (Å²) >= 11 is 0. The summed E-state index contributed by atoms with van der Waals surface area (Å²) in [7, 11) is 0. The Kier molecular flexibility index (Phi) is 2.21. The van der Waals surface area contributed by atoms with Gasteiger partial charge in [0.25, 0.3) is 0 Å². The number of carbonyl (C=O) groups is 1. The van der Waals surface area contributed by atoms with Gasteiger partial charge in [-0.1, -0.05) is 0 Å². The van der Waals surface area contributed by atoms with Gasteiger partial charge in [-0.05, 0) is 32.2 Å². The molecule has 2 aliphatic rings. The lowest BCUT2D eigenvalue weighted by molar-refractivity contribution is 0.0946. The van der Waals surface area contributed by atoms with E-state index in [1.54, 1.807) is 0 Å². The number of aromatic nitrogens is 2. The molecule has 1 saturated heterocycles. The summed E-state index contributed by atoms with van der Waals surface area (Å²) in [5.74, 6) is 0.428. The summed E-state index contributed by atoms with van der Waals surface area (Å²) in [6, 6.07) is -0.107. The van der Waals surface area contributed by atoms with Crippen LogP contribution in [-0.4, -0.2) is 28.3 Å². The molecule has 3 N–H and O–H groups in total. The Hall–Kier alpha value is -1.36. The first kappa shape index (κ1) is 9.84. The standard InChI is InChI=1S/C11H15N3O2/c15-10(7-2-1-5-12-7)9-8(6-3-4-6)13-11(16)14-9/h6-7,12H,1-5H2,(H2,13,14,16). The normalized spacial score (nSPS) is 24.9. The molecule has 1 aromatic heterocycles. The number of nitrogens with one attached hydrogen (secondary N) is 3. The lowest BCUT2D eigenvalue weighted by Crippen LogP contribution is -2.31. The maximum Gasteiger partial charge on any atom is 0.323 e. The lowest BCUT2D eigenvalue weighted by Gasteiger charge is -2.08. The van der Waals surface area contributed by atoms with Gasteiger partial charge in [0.2, 0.25) is 0 Å². The van der Waals surface area contributed by atoms with E-state index in [1.807, 2.05) is 0 Å². The zero-order valence-corrected chi connectivity index (χ0v) is 9.01. The average molecular weight is 221 g/mol. The SMILES string of the molecule is O=C(c1[nH]c(=O)[nH]c1C1CC1)C1CCCN1. The van der Waals surface area contributed by atoms with Crippen molar-refractivity contribution in [3.05, 3.63) is 21.9 Å². The van der Waals surface area contributed by atoms with Gasteiger partial charge >= 0.3 is 5.69 Å². The van der Waals surface area contributed by atoms with Crippen molar-refractivity contribution in [2.24, 2.45) is 0 Å². The Morgan fingerprint density at radius 3 is 2.62 bits per heavy atom. The summed E-state index contributed by atoms with van der Waals surface area (Å²) in [6.45, 7) is 0.893. The molecular weight excluding hydrogens is 206 g/mol. The van der Waals surface area contributed by atoms with E-state index in [0.29, 0.717) is 11.6 Å². The molecule has 0 amide bonds. The molecule has 1 aliphatic carbocycles. The third-order valence-electron chi connectivity index (χ3n) is 3.36. The number of imidazole rings is 1. The third kappa shape index (κ3) is 1.61. The van der Waals surface area contributed by atoms with Gasteiger partial charge in [0.05, 0.1) is 6.04 Å². The highest BCUT2D eigenvalue weighted by molar-refractivity contribution is 5.99. The number of aromatic amines is 2. The van der Waals surface area contributed by atoms with Gasteiger partial charge < -0.3 is 15.3 Å². The summed E-state index contributed by atoms with van der Waals surface area (Å²) in [5.41, 5.74) is 1.07. The van der Waals surface area contributed by atoms with Crippen LogP contribution in [0.3, 0.4) is 0 Å². The van der Waals surface area contributed by atoms with Gasteiger partial charge in [0.1, 0.15) is 5.69 Å². The molecule has 0 radical (unpaired) electrons. The van der Waals surface area contributed by atoms with E-state index in [9.17, 15) is 9.59 Å². The van der Waals surface area contributed by atoms with Crippen LogP contribution in [-0.2, 0) is 0 Å². The van der Waals surface area contributed by atoms with Crippen molar-refractivity contribution in [3.8, 4) is 0 Å². The topological polar surface area (TPSA) is 77.8 Å². The van der Waals surface area contributed by atoms with Crippen LogP contribution in [0.4, 0.5) is 0 Å². The van der Waals surface area contributed by atoms with E-state index >= 15 is 0 Å². The van der Waals surface area contributed by atoms with Crippen molar-refractivity contribution in [2.75, 3.05) is 6.54 Å². The maximum absolute atomic E-state index is 12.2. The number of carbonyl (C=O) groups excluding carboxylic acids is 1. The Balaban J connectivity index is 1.92. The van der Waals surface area contributed by atoms with Crippen LogP contribution >= 0.6 is 0 Å². The Labute approximate surface area is 92.6 Å². The van der Waals surface area contributed by atoms with Gasteiger partial charge in [-0.3, -0.25) is 4.79 Å². The lowest BCUT2D eigenvalue weighted by atomic mass is 10.1. The molecule has 1 atom stereocenters. The second kappa shape index (κ2) is 3.59. The molecule has 86 valence electrons. The van der Waals surface area contributed by atoms with Gasteiger partial charge in [-0.15, -0.1) is 0 Å². The molecule has 16 heavy (non-hydrogen) atoms. The van der Waals surface area contributed by atoms with E-state index in [-0.39, 0.29) is 17.5 Å². The van der Waals surface area contributed by atoms with E-state index in [2.05, 4.69) is 15.3 Å². The maximum atomic E-state index is 12.2. The zero-order chi connectivity index (χ0) is 11.1. The molecule has 1 aliphatic heterocycles. The van der Waals surface area contributed by atoms with Crippen molar-refractivity contribution in [1.82, 2.24) is 15.3 Å². The number of ketones is 1. The van der Waals surface area contributed by atoms with Crippen LogP contribution in [0.15, 0.2) is 4.79 Å². The minimum atomic E-state index is -0.261. The Bertz CT molecular complexity index is 464. The van der Waals surface area contributed by atoms with E-state index in [0.717, 1.165) is 37.9 Å². The van der Waals surface area contributed by atoms with Gasteiger partial charge in [0, 0.05) is 11.6 Å². The van der Waals surface area contributed by atoms with Gasteiger partial charge in [0.15, 0.2) is 5.78 Å². The van der Waals surface area contributed by atoms with Crippen LogP contribution in [0.2, 0.25) is 0 Å². The molecule has 0 aromatic carbocycles. The molecule has 0 spiro atoms. The second-order valence-corrected chi connectivity index (χ2v) is 4.66. The minimum absolute atomic E-state index is 0.0396. The zero-order valence-electron chi connectivity index (χ0n) is 9.01. The first-order valence-electron chi connectivity index (χ1n) is 5.85. The quantitative estimate of drug-likeness (QED) is 0.651. The summed E-state index contributed by atoms with van der Waals surface area (Å²) in [4.78, 5) is 28.8. The van der Waals surface area contributed by atoms with Gasteiger partial charge in [-0.2, -0.15) is 0 Å². The number of Topliss-reactive ketones (excluding diaryl/α,β-unsaturated/α-hetero) is 1. The molecule has 5 heteroatoms. The highest BCUT2D eigenvalue weighted by Gasteiger charge is 2.33. The number of rotatable bonds is 3. The van der Waals surface area contributed by atoms with Crippen molar-refractivity contribution >= 4 is 5.78 Å². The molecule has 0 bridgehead atoms. The van der Waals surface area contributed by atoms with E-state index in [4.69, 9.17) is 0 Å². The molecule has 2 heterocycles. The van der Waals surface area contributed by atoms with Crippen molar-refractivity contribution < 1.29 is 4.79 Å². The molecule has 1 saturated carbocycles. The first-order valence-corrected chi connectivity index (χ1v) is 5.85. The Morgan fingerprint density at radius 1 is 1.19 bits per heavy atom. The van der Waals surface area contributed by atoms with Crippen LogP contribution in [0.5, 0.6) is 0 Å². The number of H-pyrrole nitrogens is 2. The van der Waals surface area contributed by atoms with Crippen molar-refractivity contribution in [1.29, 1.82) is 0 Å². The molecule has 2 fully saturated rings. The molecule has 5 nitrogen and oxygen atoms in total. The van der Waals surface area contributed by atoms with Crippen molar-refractivity contribution in [2.45, 2.75) is 37.6 Å². The first-order chi connectivity index (χ1) is 7.75. The highest BCUT2D eigenvalue weighted by atomic mass is 16.1. The molecular formula is C11H15N3O2. The van der Waals surface area contributed by atoms with Crippen LogP contribution in [0.25, 0.3) is 0 Å². The van der Waals surface area contributed by atoms with Gasteiger partial charge in [-0.25, -0.2) is 4.79 Å². The number of hydrogen-bond acceptors (Lipinski definition) is 3. The Morgan fingerprint density at radius 2 is 2.00 bits per heavy atom. The summed E-state index contributed by atoms with van der Waals surface area (Å²) in [6.07, 6.45) is 4.05. The van der Waals surface area contributed by atoms with Crippen LogP contribution in [0.1, 0.15) is 47.8 Å².